The molecule has 1 rings (SSSR count). The molecule has 0 bridgehead atoms. The molecule has 0 saturated carbocycles. The zero-order valence-corrected chi connectivity index (χ0v) is 13.1. The highest BCUT2D eigenvalue weighted by molar-refractivity contribution is 6.07. The lowest BCUT2D eigenvalue weighted by Crippen LogP contribution is -2.02. The van der Waals surface area contributed by atoms with Gasteiger partial charge in [0.1, 0.15) is 0 Å². The van der Waals surface area contributed by atoms with Crippen LogP contribution in [0.4, 0.5) is 0 Å². The normalized spacial score (nSPS) is 7.33. The predicted molar refractivity (Wildman–Crippen MR) is 80.5 cm³/mol. The number of rotatable bonds is 2. The van der Waals surface area contributed by atoms with Gasteiger partial charge in [0.2, 0.25) is 0 Å². The highest BCUT2D eigenvalue weighted by Gasteiger charge is 2.08. The predicted octanol–water partition coefficient (Wildman–Crippen LogP) is 5.17. The van der Waals surface area contributed by atoms with Crippen molar-refractivity contribution in [3.05, 3.63) is 35.4 Å². The summed E-state index contributed by atoms with van der Waals surface area (Å²) in [4.78, 5) is 22.0. The van der Waals surface area contributed by atoms with Gasteiger partial charge in [0.05, 0.1) is 0 Å². The maximum atomic E-state index is 11.0. The second-order valence-corrected chi connectivity index (χ2v) is 2.66. The maximum absolute atomic E-state index is 11.0. The van der Waals surface area contributed by atoms with Gasteiger partial charge in [0.25, 0.3) is 0 Å². The third kappa shape index (κ3) is 8.68. The first-order chi connectivity index (χ1) is 8.63. The molecule has 1 aromatic carbocycles. The molecule has 0 spiro atoms. The number of hydrogen-bond donors (Lipinski definition) is 0. The Morgan fingerprint density at radius 3 is 1.06 bits per heavy atom. The number of hydrogen-bond acceptors (Lipinski definition) is 2. The van der Waals surface area contributed by atoms with E-state index >= 15 is 0 Å². The Labute approximate surface area is 112 Å². The maximum Gasteiger partial charge on any atom is 0.160 e. The topological polar surface area (TPSA) is 34.1 Å². The summed E-state index contributed by atoms with van der Waals surface area (Å²) in [6.07, 6.45) is 0. The summed E-state index contributed by atoms with van der Waals surface area (Å²) in [6, 6.07) is 6.84. The molecular weight excluding hydrogens is 224 g/mol. The second kappa shape index (κ2) is 15.6. The van der Waals surface area contributed by atoms with Crippen LogP contribution in [0.5, 0.6) is 0 Å². The number of ketones is 2. The molecule has 2 heteroatoms. The van der Waals surface area contributed by atoms with Crippen molar-refractivity contribution in [1.29, 1.82) is 0 Å². The highest BCUT2D eigenvalue weighted by Crippen LogP contribution is 2.09. The SMILES string of the molecule is CC.CC.CC.CC(=O)c1ccccc1C(C)=O. The minimum Gasteiger partial charge on any atom is -0.294 e. The number of benzene rings is 1. The summed E-state index contributed by atoms with van der Waals surface area (Å²) in [5.41, 5.74) is 1.01. The number of Topliss-reactive ketones (excluding diaryl/α,β-unsaturated/α-hetero) is 2. The molecule has 0 heterocycles. The van der Waals surface area contributed by atoms with Gasteiger partial charge in [-0.1, -0.05) is 65.8 Å². The van der Waals surface area contributed by atoms with Crippen LogP contribution in [0.1, 0.15) is 76.1 Å². The minimum atomic E-state index is -0.0687. The van der Waals surface area contributed by atoms with E-state index in [2.05, 4.69) is 0 Å². The summed E-state index contributed by atoms with van der Waals surface area (Å²) in [5, 5.41) is 0. The first-order valence-corrected chi connectivity index (χ1v) is 6.74. The molecule has 0 aromatic heterocycles. The van der Waals surface area contributed by atoms with E-state index in [9.17, 15) is 9.59 Å². The zero-order valence-electron chi connectivity index (χ0n) is 13.1. The van der Waals surface area contributed by atoms with Gasteiger partial charge >= 0.3 is 0 Å². The quantitative estimate of drug-likeness (QED) is 0.680. The summed E-state index contributed by atoms with van der Waals surface area (Å²) < 4.78 is 0. The Bertz CT molecular complexity index is 295. The fourth-order valence-electron chi connectivity index (χ4n) is 1.10. The molecule has 18 heavy (non-hydrogen) atoms. The van der Waals surface area contributed by atoms with Crippen LogP contribution in [-0.2, 0) is 0 Å². The monoisotopic (exact) mass is 252 g/mol. The summed E-state index contributed by atoms with van der Waals surface area (Å²) in [7, 11) is 0. The van der Waals surface area contributed by atoms with Gasteiger partial charge in [-0.3, -0.25) is 9.59 Å². The van der Waals surface area contributed by atoms with Gasteiger partial charge in [-0.2, -0.15) is 0 Å². The molecule has 0 aliphatic heterocycles. The van der Waals surface area contributed by atoms with Crippen LogP contribution in [0.2, 0.25) is 0 Å². The Kier molecular flexibility index (Phi) is 18.8. The average Bonchev–Trinajstić information content (AvgIpc) is 2.45. The summed E-state index contributed by atoms with van der Waals surface area (Å²) in [5.74, 6) is -0.137. The van der Waals surface area contributed by atoms with Crippen molar-refractivity contribution in [3.8, 4) is 0 Å². The van der Waals surface area contributed by atoms with Crippen LogP contribution in [-0.4, -0.2) is 11.6 Å². The van der Waals surface area contributed by atoms with Crippen molar-refractivity contribution >= 4 is 11.6 Å². The van der Waals surface area contributed by atoms with E-state index in [4.69, 9.17) is 0 Å². The van der Waals surface area contributed by atoms with E-state index in [1.165, 1.54) is 13.8 Å². The molecular formula is C16H28O2. The van der Waals surface area contributed by atoms with Crippen molar-refractivity contribution < 1.29 is 9.59 Å². The van der Waals surface area contributed by atoms with Crippen LogP contribution in [0, 0.1) is 0 Å². The zero-order chi connectivity index (χ0) is 15.1. The van der Waals surface area contributed by atoms with Gasteiger partial charge < -0.3 is 0 Å². The van der Waals surface area contributed by atoms with Gasteiger partial charge in [0.15, 0.2) is 11.6 Å². The van der Waals surface area contributed by atoms with E-state index in [0.29, 0.717) is 11.1 Å². The fraction of sp³-hybridized carbons (Fsp3) is 0.500. The molecule has 0 atom stereocenters. The van der Waals surface area contributed by atoms with Crippen molar-refractivity contribution in [1.82, 2.24) is 0 Å². The molecule has 0 saturated heterocycles. The Morgan fingerprint density at radius 2 is 0.889 bits per heavy atom. The standard InChI is InChI=1S/C10H10O2.3C2H6/c1-7(11)9-5-3-4-6-10(9)8(2)12;3*1-2/h3-6H,1-2H3;3*1-2H3. The third-order valence-electron chi connectivity index (χ3n) is 1.69. The first-order valence-electron chi connectivity index (χ1n) is 6.74. The van der Waals surface area contributed by atoms with E-state index in [1.807, 2.05) is 41.5 Å². The van der Waals surface area contributed by atoms with E-state index < -0.39 is 0 Å². The summed E-state index contributed by atoms with van der Waals surface area (Å²) >= 11 is 0. The van der Waals surface area contributed by atoms with Gasteiger partial charge in [-0.25, -0.2) is 0 Å². The van der Waals surface area contributed by atoms with Crippen LogP contribution >= 0.6 is 0 Å². The molecule has 104 valence electrons. The molecule has 0 fully saturated rings. The highest BCUT2D eigenvalue weighted by atomic mass is 16.1. The first kappa shape index (κ1) is 21.8. The van der Waals surface area contributed by atoms with E-state index in [-0.39, 0.29) is 11.6 Å². The Hall–Kier alpha value is -1.44. The van der Waals surface area contributed by atoms with Crippen LogP contribution in [0.3, 0.4) is 0 Å². The van der Waals surface area contributed by atoms with Crippen LogP contribution < -0.4 is 0 Å². The van der Waals surface area contributed by atoms with Crippen molar-refractivity contribution in [2.24, 2.45) is 0 Å². The number of carbonyl (C=O) groups is 2. The van der Waals surface area contributed by atoms with Crippen molar-refractivity contribution in [3.63, 3.8) is 0 Å². The largest absolute Gasteiger partial charge is 0.294 e. The van der Waals surface area contributed by atoms with Gasteiger partial charge in [-0.05, 0) is 13.8 Å². The van der Waals surface area contributed by atoms with Crippen molar-refractivity contribution in [2.45, 2.75) is 55.4 Å². The smallest absolute Gasteiger partial charge is 0.160 e. The number of carbonyl (C=O) groups excluding carboxylic acids is 2. The molecule has 0 amide bonds. The van der Waals surface area contributed by atoms with Crippen LogP contribution in [0.25, 0.3) is 0 Å². The minimum absolute atomic E-state index is 0.0687. The van der Waals surface area contributed by atoms with Gasteiger partial charge in [-0.15, -0.1) is 0 Å². The van der Waals surface area contributed by atoms with E-state index in [0.717, 1.165) is 0 Å². The van der Waals surface area contributed by atoms with Gasteiger partial charge in [0, 0.05) is 11.1 Å². The molecule has 0 N–H and O–H groups in total. The lowest BCUT2D eigenvalue weighted by atomic mass is 10.0. The average molecular weight is 252 g/mol. The molecule has 0 unspecified atom stereocenters. The molecule has 0 radical (unpaired) electrons. The lowest BCUT2D eigenvalue weighted by Gasteiger charge is -2.00. The second-order valence-electron chi connectivity index (χ2n) is 2.66. The molecule has 2 nitrogen and oxygen atoms in total. The molecule has 1 aromatic rings. The molecule has 0 aliphatic carbocycles. The lowest BCUT2D eigenvalue weighted by molar-refractivity contribution is 0.0981. The van der Waals surface area contributed by atoms with Crippen LogP contribution in [0.15, 0.2) is 24.3 Å². The fourth-order valence-corrected chi connectivity index (χ4v) is 1.10. The van der Waals surface area contributed by atoms with E-state index in [1.54, 1.807) is 24.3 Å². The summed E-state index contributed by atoms with van der Waals surface area (Å²) in [6.45, 7) is 14.9. The molecule has 0 aliphatic rings. The Morgan fingerprint density at radius 1 is 0.667 bits per heavy atom. The third-order valence-corrected chi connectivity index (χ3v) is 1.69. The Balaban J connectivity index is -0.000000328. The van der Waals surface area contributed by atoms with Crippen molar-refractivity contribution in [2.75, 3.05) is 0 Å².